The molecule has 0 aromatic carbocycles. The zero-order chi connectivity index (χ0) is 11.3. The summed E-state index contributed by atoms with van der Waals surface area (Å²) in [5, 5.41) is 7.68. The van der Waals surface area contributed by atoms with Crippen LogP contribution in [0.5, 0.6) is 0 Å². The number of aromatic nitrogens is 2. The minimum absolute atomic E-state index is 0.579. The Morgan fingerprint density at radius 1 is 1.47 bits per heavy atom. The summed E-state index contributed by atoms with van der Waals surface area (Å²) in [7, 11) is 1.98. The number of hydrogen-bond acceptors (Lipinski definition) is 2. The molecule has 3 heteroatoms. The zero-order valence-electron chi connectivity index (χ0n) is 10.3. The van der Waals surface area contributed by atoms with Gasteiger partial charge in [0.25, 0.3) is 0 Å². The largest absolute Gasteiger partial charge is 0.309 e. The van der Waals surface area contributed by atoms with Gasteiger partial charge in [0.2, 0.25) is 0 Å². The van der Waals surface area contributed by atoms with Gasteiger partial charge in [-0.1, -0.05) is 20.3 Å². The lowest BCUT2D eigenvalue weighted by Crippen LogP contribution is -2.28. The summed E-state index contributed by atoms with van der Waals surface area (Å²) in [6.45, 7) is 7.72. The first-order valence-electron chi connectivity index (χ1n) is 5.83. The molecule has 1 heterocycles. The van der Waals surface area contributed by atoms with Gasteiger partial charge in [-0.25, -0.2) is 0 Å². The van der Waals surface area contributed by atoms with Gasteiger partial charge in [0.05, 0.1) is 5.69 Å². The topological polar surface area (TPSA) is 29.9 Å². The molecular weight excluding hydrogens is 186 g/mol. The molecule has 0 aliphatic heterocycles. The molecule has 0 fully saturated rings. The first-order valence-corrected chi connectivity index (χ1v) is 5.83. The third-order valence-electron chi connectivity index (χ3n) is 3.01. The fraction of sp³-hybridized carbons (Fsp3) is 0.750. The summed E-state index contributed by atoms with van der Waals surface area (Å²) < 4.78 is 1.92. The normalized spacial score (nSPS) is 15.2. The Hall–Kier alpha value is -0.830. The molecular formula is C12H23N3. The monoisotopic (exact) mass is 209 g/mol. The first-order chi connectivity index (χ1) is 7.13. The van der Waals surface area contributed by atoms with E-state index in [-0.39, 0.29) is 0 Å². The molecule has 1 aromatic heterocycles. The summed E-state index contributed by atoms with van der Waals surface area (Å²) in [4.78, 5) is 0. The summed E-state index contributed by atoms with van der Waals surface area (Å²) in [6, 6.07) is 2.64. The fourth-order valence-corrected chi connectivity index (χ4v) is 1.71. The highest BCUT2D eigenvalue weighted by atomic mass is 15.3. The van der Waals surface area contributed by atoms with Crippen LogP contribution in [0.3, 0.4) is 0 Å². The van der Waals surface area contributed by atoms with Crippen LogP contribution in [0.2, 0.25) is 0 Å². The molecule has 15 heavy (non-hydrogen) atoms. The van der Waals surface area contributed by atoms with Crippen molar-refractivity contribution in [3.63, 3.8) is 0 Å². The summed E-state index contributed by atoms with van der Waals surface area (Å²) in [6.07, 6.45) is 4.35. The van der Waals surface area contributed by atoms with Crippen molar-refractivity contribution in [1.29, 1.82) is 0 Å². The molecule has 3 nitrogen and oxygen atoms in total. The molecule has 2 unspecified atom stereocenters. The van der Waals surface area contributed by atoms with Gasteiger partial charge in [-0.15, -0.1) is 0 Å². The Morgan fingerprint density at radius 2 is 2.20 bits per heavy atom. The minimum atomic E-state index is 0.579. The average molecular weight is 209 g/mol. The van der Waals surface area contributed by atoms with Crippen LogP contribution in [0.15, 0.2) is 12.3 Å². The van der Waals surface area contributed by atoms with Crippen LogP contribution in [-0.2, 0) is 13.6 Å². The van der Waals surface area contributed by atoms with Crippen LogP contribution in [0.4, 0.5) is 0 Å². The van der Waals surface area contributed by atoms with Gasteiger partial charge >= 0.3 is 0 Å². The van der Waals surface area contributed by atoms with E-state index in [4.69, 9.17) is 0 Å². The molecule has 2 atom stereocenters. The molecule has 0 radical (unpaired) electrons. The molecule has 0 saturated heterocycles. The Bertz CT molecular complexity index is 280. The Morgan fingerprint density at radius 3 is 2.73 bits per heavy atom. The van der Waals surface area contributed by atoms with E-state index in [0.29, 0.717) is 6.04 Å². The Kier molecular flexibility index (Phi) is 4.82. The summed E-state index contributed by atoms with van der Waals surface area (Å²) >= 11 is 0. The van der Waals surface area contributed by atoms with Crippen molar-refractivity contribution in [1.82, 2.24) is 15.1 Å². The Labute approximate surface area is 92.9 Å². The second-order valence-electron chi connectivity index (χ2n) is 4.48. The highest BCUT2D eigenvalue weighted by molar-refractivity contribution is 4.99. The van der Waals surface area contributed by atoms with Crippen LogP contribution >= 0.6 is 0 Å². The van der Waals surface area contributed by atoms with E-state index >= 15 is 0 Å². The third-order valence-corrected chi connectivity index (χ3v) is 3.01. The predicted octanol–water partition coefficient (Wildman–Crippen LogP) is 2.33. The van der Waals surface area contributed by atoms with E-state index in [1.54, 1.807) is 0 Å². The van der Waals surface area contributed by atoms with Crippen LogP contribution in [0.1, 0.15) is 39.3 Å². The van der Waals surface area contributed by atoms with E-state index < -0.39 is 0 Å². The highest BCUT2D eigenvalue weighted by Crippen LogP contribution is 2.09. The zero-order valence-corrected chi connectivity index (χ0v) is 10.3. The first kappa shape index (κ1) is 12.2. The minimum Gasteiger partial charge on any atom is -0.309 e. The molecule has 0 aliphatic rings. The SMILES string of the molecule is CCC(C)CC(C)NCc1ccnn1C. The van der Waals surface area contributed by atoms with Crippen molar-refractivity contribution in [2.45, 2.75) is 46.2 Å². The number of nitrogens with one attached hydrogen (secondary N) is 1. The van der Waals surface area contributed by atoms with E-state index in [1.807, 2.05) is 17.9 Å². The number of nitrogens with zero attached hydrogens (tertiary/aromatic N) is 2. The van der Waals surface area contributed by atoms with Crippen molar-refractivity contribution in [3.05, 3.63) is 18.0 Å². The standard InChI is InChI=1S/C12H23N3/c1-5-10(2)8-11(3)13-9-12-6-7-14-15(12)4/h6-7,10-11,13H,5,8-9H2,1-4H3. The van der Waals surface area contributed by atoms with E-state index in [9.17, 15) is 0 Å². The van der Waals surface area contributed by atoms with Crippen LogP contribution in [0, 0.1) is 5.92 Å². The molecule has 1 aromatic rings. The predicted molar refractivity (Wildman–Crippen MR) is 63.6 cm³/mol. The smallest absolute Gasteiger partial charge is 0.0518 e. The van der Waals surface area contributed by atoms with Crippen molar-refractivity contribution < 1.29 is 0 Å². The summed E-state index contributed by atoms with van der Waals surface area (Å²) in [5.74, 6) is 0.805. The second-order valence-corrected chi connectivity index (χ2v) is 4.48. The van der Waals surface area contributed by atoms with Crippen molar-refractivity contribution in [2.24, 2.45) is 13.0 Å². The maximum absolute atomic E-state index is 4.15. The van der Waals surface area contributed by atoms with E-state index in [1.165, 1.54) is 18.5 Å². The Balaban J connectivity index is 2.28. The van der Waals surface area contributed by atoms with Gasteiger partial charge in [0.1, 0.15) is 0 Å². The molecule has 0 bridgehead atoms. The van der Waals surface area contributed by atoms with E-state index in [2.05, 4.69) is 37.3 Å². The van der Waals surface area contributed by atoms with Gasteiger partial charge in [-0.05, 0) is 25.3 Å². The van der Waals surface area contributed by atoms with Crippen molar-refractivity contribution >= 4 is 0 Å². The molecule has 0 amide bonds. The van der Waals surface area contributed by atoms with Gasteiger partial charge < -0.3 is 5.32 Å². The van der Waals surface area contributed by atoms with Crippen LogP contribution in [0.25, 0.3) is 0 Å². The van der Waals surface area contributed by atoms with Crippen molar-refractivity contribution in [2.75, 3.05) is 0 Å². The second kappa shape index (κ2) is 5.91. The third kappa shape index (κ3) is 4.04. The van der Waals surface area contributed by atoms with Crippen molar-refractivity contribution in [3.8, 4) is 0 Å². The lowest BCUT2D eigenvalue weighted by molar-refractivity contribution is 0.408. The lowest BCUT2D eigenvalue weighted by atomic mass is 10.0. The lowest BCUT2D eigenvalue weighted by Gasteiger charge is -2.17. The fourth-order valence-electron chi connectivity index (χ4n) is 1.71. The quantitative estimate of drug-likeness (QED) is 0.779. The molecule has 0 spiro atoms. The molecule has 86 valence electrons. The highest BCUT2D eigenvalue weighted by Gasteiger charge is 2.07. The average Bonchev–Trinajstić information content (AvgIpc) is 2.61. The summed E-state index contributed by atoms with van der Waals surface area (Å²) in [5.41, 5.74) is 1.24. The molecule has 1 rings (SSSR count). The van der Waals surface area contributed by atoms with Gasteiger partial charge in [-0.3, -0.25) is 4.68 Å². The number of rotatable bonds is 6. The maximum Gasteiger partial charge on any atom is 0.0518 e. The van der Waals surface area contributed by atoms with Crippen LogP contribution < -0.4 is 5.32 Å². The van der Waals surface area contributed by atoms with Gasteiger partial charge in [-0.2, -0.15) is 5.10 Å². The molecule has 0 saturated carbocycles. The van der Waals surface area contributed by atoms with Gasteiger partial charge in [0.15, 0.2) is 0 Å². The van der Waals surface area contributed by atoms with Crippen LogP contribution in [-0.4, -0.2) is 15.8 Å². The number of aryl methyl sites for hydroxylation is 1. The van der Waals surface area contributed by atoms with E-state index in [0.717, 1.165) is 12.5 Å². The number of hydrogen-bond donors (Lipinski definition) is 1. The van der Waals surface area contributed by atoms with Gasteiger partial charge in [0, 0.05) is 25.8 Å². The molecule has 0 aliphatic carbocycles. The maximum atomic E-state index is 4.15. The molecule has 1 N–H and O–H groups in total.